The molecular formula is C12H16N2O3. The van der Waals surface area contributed by atoms with E-state index >= 15 is 0 Å². The zero-order valence-corrected chi connectivity index (χ0v) is 9.80. The molecule has 1 saturated carbocycles. The lowest BCUT2D eigenvalue weighted by atomic mass is 9.91. The topological polar surface area (TPSA) is 66.6 Å². The fraction of sp³-hybridized carbons (Fsp3) is 0.500. The molecule has 5 nitrogen and oxygen atoms in total. The second kappa shape index (κ2) is 4.71. The summed E-state index contributed by atoms with van der Waals surface area (Å²) in [6, 6.07) is 5.32. The van der Waals surface area contributed by atoms with Gasteiger partial charge in [0.2, 0.25) is 0 Å². The summed E-state index contributed by atoms with van der Waals surface area (Å²) >= 11 is 0. The maximum atomic E-state index is 11.0. The van der Waals surface area contributed by atoms with Gasteiger partial charge >= 0.3 is 0 Å². The molecule has 0 bridgehead atoms. The highest BCUT2D eigenvalue weighted by Crippen LogP contribution is 2.34. The van der Waals surface area contributed by atoms with Gasteiger partial charge in [-0.3, -0.25) is 10.1 Å². The van der Waals surface area contributed by atoms with Gasteiger partial charge in [0.15, 0.2) is 0 Å². The van der Waals surface area contributed by atoms with Gasteiger partial charge in [0.05, 0.1) is 11.5 Å². The molecule has 0 radical (unpaired) electrons. The number of aliphatic hydroxyl groups is 1. The first-order valence-corrected chi connectivity index (χ1v) is 5.74. The molecule has 0 unspecified atom stereocenters. The van der Waals surface area contributed by atoms with Crippen LogP contribution in [0.5, 0.6) is 0 Å². The molecule has 1 aliphatic rings. The van der Waals surface area contributed by atoms with Gasteiger partial charge in [-0.15, -0.1) is 0 Å². The van der Waals surface area contributed by atoms with Crippen LogP contribution >= 0.6 is 0 Å². The summed E-state index contributed by atoms with van der Waals surface area (Å²) in [5, 5.41) is 20.0. The van der Waals surface area contributed by atoms with Crippen molar-refractivity contribution in [1.82, 2.24) is 0 Å². The van der Waals surface area contributed by atoms with Crippen LogP contribution in [0.4, 0.5) is 11.4 Å². The Balaban J connectivity index is 2.34. The molecule has 1 fully saturated rings. The Morgan fingerprint density at radius 3 is 2.71 bits per heavy atom. The molecule has 0 amide bonds. The van der Waals surface area contributed by atoms with E-state index < -0.39 is 0 Å². The number of hydrogen-bond donors (Lipinski definition) is 1. The number of aliphatic hydroxyl groups excluding tert-OH is 1. The van der Waals surface area contributed by atoms with Crippen LogP contribution in [-0.2, 0) is 6.61 Å². The van der Waals surface area contributed by atoms with E-state index in [2.05, 4.69) is 0 Å². The van der Waals surface area contributed by atoms with Gasteiger partial charge in [0.1, 0.15) is 5.69 Å². The number of anilines is 1. The predicted octanol–water partition coefficient (Wildman–Crippen LogP) is 2.08. The van der Waals surface area contributed by atoms with Gasteiger partial charge in [-0.05, 0) is 30.9 Å². The molecular weight excluding hydrogens is 220 g/mol. The van der Waals surface area contributed by atoms with Gasteiger partial charge in [0.25, 0.3) is 5.69 Å². The normalized spacial score (nSPS) is 15.4. The molecule has 1 aliphatic carbocycles. The van der Waals surface area contributed by atoms with Crippen LogP contribution in [0.1, 0.15) is 24.8 Å². The Morgan fingerprint density at radius 1 is 1.53 bits per heavy atom. The summed E-state index contributed by atoms with van der Waals surface area (Å²) in [5.41, 5.74) is 1.28. The molecule has 5 heteroatoms. The number of nitro benzene ring substituents is 1. The van der Waals surface area contributed by atoms with E-state index in [4.69, 9.17) is 5.11 Å². The third kappa shape index (κ3) is 2.24. The van der Waals surface area contributed by atoms with Crippen LogP contribution in [-0.4, -0.2) is 23.1 Å². The molecule has 0 aliphatic heterocycles. The van der Waals surface area contributed by atoms with Crippen molar-refractivity contribution in [3.63, 3.8) is 0 Å². The highest BCUT2D eigenvalue weighted by atomic mass is 16.6. The molecule has 0 spiro atoms. The minimum Gasteiger partial charge on any atom is -0.392 e. The first-order valence-electron chi connectivity index (χ1n) is 5.74. The summed E-state index contributed by atoms with van der Waals surface area (Å²) < 4.78 is 0. The number of rotatable bonds is 4. The minimum absolute atomic E-state index is 0.0750. The number of hydrogen-bond acceptors (Lipinski definition) is 4. The van der Waals surface area contributed by atoms with Crippen molar-refractivity contribution in [1.29, 1.82) is 0 Å². The van der Waals surface area contributed by atoms with E-state index in [9.17, 15) is 10.1 Å². The van der Waals surface area contributed by atoms with Gasteiger partial charge in [-0.2, -0.15) is 0 Å². The van der Waals surface area contributed by atoms with Crippen LogP contribution < -0.4 is 4.90 Å². The van der Waals surface area contributed by atoms with Crippen molar-refractivity contribution in [2.75, 3.05) is 11.9 Å². The molecule has 1 N–H and O–H groups in total. The Kier molecular flexibility index (Phi) is 3.28. The van der Waals surface area contributed by atoms with E-state index in [1.54, 1.807) is 12.1 Å². The Hall–Kier alpha value is -1.62. The number of benzene rings is 1. The third-order valence-electron chi connectivity index (χ3n) is 3.42. The van der Waals surface area contributed by atoms with Crippen molar-refractivity contribution < 1.29 is 10.0 Å². The van der Waals surface area contributed by atoms with E-state index in [1.807, 2.05) is 11.9 Å². The van der Waals surface area contributed by atoms with E-state index in [0.29, 0.717) is 17.3 Å². The monoisotopic (exact) mass is 236 g/mol. The molecule has 0 heterocycles. The highest BCUT2D eigenvalue weighted by molar-refractivity contribution is 5.64. The first kappa shape index (κ1) is 11.9. The van der Waals surface area contributed by atoms with Crippen molar-refractivity contribution in [3.8, 4) is 0 Å². The number of nitrogens with zero attached hydrogens (tertiary/aromatic N) is 2. The second-order valence-corrected chi connectivity index (χ2v) is 4.43. The predicted molar refractivity (Wildman–Crippen MR) is 65.1 cm³/mol. The van der Waals surface area contributed by atoms with Gasteiger partial charge in [-0.1, -0.05) is 6.07 Å². The summed E-state index contributed by atoms with van der Waals surface area (Å²) in [6.07, 6.45) is 3.38. The molecule has 0 atom stereocenters. The summed E-state index contributed by atoms with van der Waals surface area (Å²) in [7, 11) is 1.89. The van der Waals surface area contributed by atoms with Crippen molar-refractivity contribution >= 4 is 11.4 Å². The van der Waals surface area contributed by atoms with Gasteiger partial charge in [-0.25, -0.2) is 0 Å². The van der Waals surface area contributed by atoms with Crippen LogP contribution in [0, 0.1) is 10.1 Å². The Morgan fingerprint density at radius 2 is 2.24 bits per heavy atom. The van der Waals surface area contributed by atoms with E-state index in [-0.39, 0.29) is 17.2 Å². The Labute approximate surface area is 99.8 Å². The molecule has 0 aromatic heterocycles. The average Bonchev–Trinajstić information content (AvgIpc) is 2.25. The lowest BCUT2D eigenvalue weighted by molar-refractivity contribution is -0.384. The molecule has 1 aromatic rings. The van der Waals surface area contributed by atoms with E-state index in [1.165, 1.54) is 12.5 Å². The lowest BCUT2D eigenvalue weighted by Gasteiger charge is -2.36. The fourth-order valence-corrected chi connectivity index (χ4v) is 2.08. The van der Waals surface area contributed by atoms with Crippen molar-refractivity contribution in [3.05, 3.63) is 33.9 Å². The molecule has 92 valence electrons. The van der Waals surface area contributed by atoms with Crippen LogP contribution in [0.15, 0.2) is 18.2 Å². The zero-order chi connectivity index (χ0) is 12.4. The van der Waals surface area contributed by atoms with Crippen molar-refractivity contribution in [2.24, 2.45) is 0 Å². The van der Waals surface area contributed by atoms with Crippen molar-refractivity contribution in [2.45, 2.75) is 31.9 Å². The largest absolute Gasteiger partial charge is 0.392 e. The summed E-state index contributed by atoms with van der Waals surface area (Å²) in [4.78, 5) is 12.6. The minimum atomic E-state index is -0.385. The number of nitro groups is 1. The lowest BCUT2D eigenvalue weighted by Crippen LogP contribution is -2.37. The smallest absolute Gasteiger partial charge is 0.292 e. The van der Waals surface area contributed by atoms with E-state index in [0.717, 1.165) is 12.8 Å². The summed E-state index contributed by atoms with van der Waals surface area (Å²) in [5.74, 6) is 0. The second-order valence-electron chi connectivity index (χ2n) is 4.43. The van der Waals surface area contributed by atoms with Crippen LogP contribution in [0.3, 0.4) is 0 Å². The van der Waals surface area contributed by atoms with Gasteiger partial charge < -0.3 is 10.0 Å². The maximum absolute atomic E-state index is 11.0. The summed E-state index contributed by atoms with van der Waals surface area (Å²) in [6.45, 7) is -0.172. The molecule has 0 saturated heterocycles. The SMILES string of the molecule is CN(c1ccc(CO)cc1[N+](=O)[O-])C1CCC1. The molecule has 2 rings (SSSR count). The average molecular weight is 236 g/mol. The maximum Gasteiger partial charge on any atom is 0.292 e. The standard InChI is InChI=1S/C12H16N2O3/c1-13(10-3-2-4-10)11-6-5-9(8-15)7-12(11)14(16)17/h5-7,10,15H,2-4,8H2,1H3. The first-order chi connectivity index (χ1) is 8.13. The van der Waals surface area contributed by atoms with Gasteiger partial charge in [0, 0.05) is 19.2 Å². The zero-order valence-electron chi connectivity index (χ0n) is 9.80. The highest BCUT2D eigenvalue weighted by Gasteiger charge is 2.27. The third-order valence-corrected chi connectivity index (χ3v) is 3.42. The van der Waals surface area contributed by atoms with Crippen LogP contribution in [0.25, 0.3) is 0 Å². The molecule has 17 heavy (non-hydrogen) atoms. The van der Waals surface area contributed by atoms with Crippen LogP contribution in [0.2, 0.25) is 0 Å². The fourth-order valence-electron chi connectivity index (χ4n) is 2.08. The quantitative estimate of drug-likeness (QED) is 0.642. The molecule has 1 aromatic carbocycles. The Bertz CT molecular complexity index is 430.